The van der Waals surface area contributed by atoms with Crippen molar-refractivity contribution in [1.82, 2.24) is 9.73 Å². The minimum Gasteiger partial charge on any atom is -0.379 e. The predicted octanol–water partition coefficient (Wildman–Crippen LogP) is 3.19. The molecule has 0 aromatic heterocycles. The summed E-state index contributed by atoms with van der Waals surface area (Å²) in [6.45, 7) is 1.55. The van der Waals surface area contributed by atoms with Crippen LogP contribution < -0.4 is 5.43 Å². The minimum absolute atomic E-state index is 0.195. The molecule has 1 N–H and O–H groups in total. The number of hydrazone groups is 1. The third-order valence-electron chi connectivity index (χ3n) is 6.12. The quantitative estimate of drug-likeness (QED) is 0.434. The molecular formula is C26H25N3O4S. The fourth-order valence-electron chi connectivity index (χ4n) is 4.31. The van der Waals surface area contributed by atoms with Gasteiger partial charge in [0.2, 0.25) is 15.9 Å². The van der Waals surface area contributed by atoms with E-state index in [1.54, 1.807) is 24.3 Å². The number of nitrogens with zero attached hydrogens (tertiary/aromatic N) is 2. The number of amides is 1. The number of nitrogens with one attached hydrogen (secondary N) is 1. The Balaban J connectivity index is 1.22. The van der Waals surface area contributed by atoms with Crippen molar-refractivity contribution in [3.8, 4) is 11.1 Å². The number of morpholine rings is 1. The first kappa shape index (κ1) is 22.5. The van der Waals surface area contributed by atoms with Crippen LogP contribution in [0.5, 0.6) is 0 Å². The van der Waals surface area contributed by atoms with Gasteiger partial charge in [-0.15, -0.1) is 0 Å². The summed E-state index contributed by atoms with van der Waals surface area (Å²) >= 11 is 0. The number of rotatable bonds is 6. The monoisotopic (exact) mass is 475 g/mol. The molecule has 0 atom stereocenters. The van der Waals surface area contributed by atoms with Crippen LogP contribution in [0.25, 0.3) is 11.1 Å². The van der Waals surface area contributed by atoms with E-state index in [9.17, 15) is 13.2 Å². The van der Waals surface area contributed by atoms with Crippen molar-refractivity contribution in [2.45, 2.75) is 17.7 Å². The van der Waals surface area contributed by atoms with Crippen LogP contribution in [0.4, 0.5) is 0 Å². The highest BCUT2D eigenvalue weighted by Gasteiger charge is 2.26. The lowest BCUT2D eigenvalue weighted by Gasteiger charge is -2.26. The molecule has 3 aromatic rings. The molecule has 0 spiro atoms. The van der Waals surface area contributed by atoms with Crippen LogP contribution in [-0.4, -0.2) is 50.6 Å². The number of carbonyl (C=O) groups is 1. The summed E-state index contributed by atoms with van der Waals surface area (Å²) < 4.78 is 32.2. The zero-order valence-corrected chi connectivity index (χ0v) is 19.4. The maximum absolute atomic E-state index is 12.7. The third-order valence-corrected chi connectivity index (χ3v) is 8.03. The second kappa shape index (κ2) is 9.50. The SMILES string of the molecule is O=C(CCc1ccc(S(=O)(=O)N2CCOCC2)cc1)NN=C1c2ccccc2-c2ccccc21. The Hall–Kier alpha value is -3.33. The van der Waals surface area contributed by atoms with Crippen LogP contribution in [0.15, 0.2) is 82.8 Å². The van der Waals surface area contributed by atoms with Crippen LogP contribution in [-0.2, 0) is 26.0 Å². The van der Waals surface area contributed by atoms with Gasteiger partial charge in [-0.1, -0.05) is 60.7 Å². The first-order valence-electron chi connectivity index (χ1n) is 11.3. The number of fused-ring (bicyclic) bond motifs is 3. The Kier molecular flexibility index (Phi) is 6.28. The summed E-state index contributed by atoms with van der Waals surface area (Å²) in [6, 6.07) is 22.8. The number of aryl methyl sites for hydroxylation is 1. The molecule has 174 valence electrons. The summed E-state index contributed by atoms with van der Waals surface area (Å²) in [5.41, 5.74) is 8.56. The van der Waals surface area contributed by atoms with Gasteiger partial charge in [0.1, 0.15) is 0 Å². The smallest absolute Gasteiger partial charge is 0.243 e. The van der Waals surface area contributed by atoms with Crippen molar-refractivity contribution in [1.29, 1.82) is 0 Å². The Bertz CT molecular complexity index is 1300. The number of benzene rings is 3. The van der Waals surface area contributed by atoms with Gasteiger partial charge < -0.3 is 4.74 Å². The largest absolute Gasteiger partial charge is 0.379 e. The summed E-state index contributed by atoms with van der Waals surface area (Å²) in [5.74, 6) is -0.195. The molecular weight excluding hydrogens is 450 g/mol. The predicted molar refractivity (Wildman–Crippen MR) is 130 cm³/mol. The van der Waals surface area contributed by atoms with E-state index in [2.05, 4.69) is 22.7 Å². The van der Waals surface area contributed by atoms with Crippen molar-refractivity contribution >= 4 is 21.6 Å². The Morgan fingerprint density at radius 3 is 2.00 bits per heavy atom. The first-order chi connectivity index (χ1) is 16.5. The van der Waals surface area contributed by atoms with Crippen molar-refractivity contribution in [3.05, 3.63) is 89.5 Å². The van der Waals surface area contributed by atoms with E-state index in [0.29, 0.717) is 32.7 Å². The topological polar surface area (TPSA) is 88.1 Å². The number of hydrogen-bond donors (Lipinski definition) is 1. The van der Waals surface area contributed by atoms with Crippen molar-refractivity contribution < 1.29 is 17.9 Å². The van der Waals surface area contributed by atoms with Crippen LogP contribution >= 0.6 is 0 Å². The van der Waals surface area contributed by atoms with Crippen molar-refractivity contribution in [3.63, 3.8) is 0 Å². The van der Waals surface area contributed by atoms with Crippen molar-refractivity contribution in [2.24, 2.45) is 5.10 Å². The third kappa shape index (κ3) is 4.40. The summed E-state index contributed by atoms with van der Waals surface area (Å²) in [4.78, 5) is 12.8. The summed E-state index contributed by atoms with van der Waals surface area (Å²) in [5, 5.41) is 4.44. The number of ether oxygens (including phenoxy) is 1. The molecule has 0 radical (unpaired) electrons. The highest BCUT2D eigenvalue weighted by atomic mass is 32.2. The molecule has 3 aromatic carbocycles. The maximum atomic E-state index is 12.7. The lowest BCUT2D eigenvalue weighted by Crippen LogP contribution is -2.40. The minimum atomic E-state index is -3.52. The fraction of sp³-hybridized carbons (Fsp3) is 0.231. The molecule has 8 heteroatoms. The lowest BCUT2D eigenvalue weighted by atomic mass is 10.1. The average Bonchev–Trinajstić information content (AvgIpc) is 3.21. The van der Waals surface area contributed by atoms with Gasteiger partial charge in [-0.05, 0) is 35.2 Å². The first-order valence-corrected chi connectivity index (χ1v) is 12.7. The molecule has 1 heterocycles. The van der Waals surface area contributed by atoms with Crippen LogP contribution in [0.3, 0.4) is 0 Å². The van der Waals surface area contributed by atoms with E-state index in [4.69, 9.17) is 4.74 Å². The molecule has 2 aliphatic rings. The molecule has 1 amide bonds. The van der Waals surface area contributed by atoms with E-state index in [-0.39, 0.29) is 17.2 Å². The molecule has 0 saturated carbocycles. The van der Waals surface area contributed by atoms with Gasteiger partial charge in [-0.2, -0.15) is 9.41 Å². The summed E-state index contributed by atoms with van der Waals surface area (Å²) in [7, 11) is -3.52. The van der Waals surface area contributed by atoms with Crippen LogP contribution in [0, 0.1) is 0 Å². The normalized spacial score (nSPS) is 15.5. The van der Waals surface area contributed by atoms with Gasteiger partial charge in [0, 0.05) is 30.6 Å². The maximum Gasteiger partial charge on any atom is 0.243 e. The zero-order valence-electron chi connectivity index (χ0n) is 18.6. The lowest BCUT2D eigenvalue weighted by molar-refractivity contribution is -0.121. The Morgan fingerprint density at radius 1 is 0.853 bits per heavy atom. The van der Waals surface area contributed by atoms with Gasteiger partial charge >= 0.3 is 0 Å². The summed E-state index contributed by atoms with van der Waals surface area (Å²) in [6.07, 6.45) is 0.734. The molecule has 1 fully saturated rings. The second-order valence-electron chi connectivity index (χ2n) is 8.25. The molecule has 5 rings (SSSR count). The molecule has 1 aliphatic carbocycles. The highest BCUT2D eigenvalue weighted by molar-refractivity contribution is 7.89. The van der Waals surface area contributed by atoms with E-state index < -0.39 is 10.0 Å². The van der Waals surface area contributed by atoms with E-state index in [0.717, 1.165) is 33.5 Å². The fourth-order valence-corrected chi connectivity index (χ4v) is 5.72. The zero-order chi connectivity index (χ0) is 23.5. The molecule has 1 aliphatic heterocycles. The number of sulfonamides is 1. The second-order valence-corrected chi connectivity index (χ2v) is 10.2. The van der Waals surface area contributed by atoms with E-state index >= 15 is 0 Å². The van der Waals surface area contributed by atoms with Gasteiger partial charge in [0.05, 0.1) is 23.8 Å². The highest BCUT2D eigenvalue weighted by Crippen LogP contribution is 2.36. The van der Waals surface area contributed by atoms with Gasteiger partial charge in [-0.25, -0.2) is 13.8 Å². The van der Waals surface area contributed by atoms with Crippen LogP contribution in [0.2, 0.25) is 0 Å². The molecule has 7 nitrogen and oxygen atoms in total. The van der Waals surface area contributed by atoms with Gasteiger partial charge in [-0.3, -0.25) is 4.79 Å². The average molecular weight is 476 g/mol. The molecule has 0 unspecified atom stereocenters. The number of hydrogen-bond acceptors (Lipinski definition) is 5. The van der Waals surface area contributed by atoms with E-state index in [1.807, 2.05) is 36.4 Å². The molecule has 34 heavy (non-hydrogen) atoms. The van der Waals surface area contributed by atoms with Gasteiger partial charge in [0.25, 0.3) is 0 Å². The number of carbonyl (C=O) groups excluding carboxylic acids is 1. The van der Waals surface area contributed by atoms with E-state index in [1.165, 1.54) is 4.31 Å². The van der Waals surface area contributed by atoms with Crippen LogP contribution in [0.1, 0.15) is 23.1 Å². The molecule has 0 bridgehead atoms. The van der Waals surface area contributed by atoms with Crippen molar-refractivity contribution in [2.75, 3.05) is 26.3 Å². The standard InChI is InChI=1S/C26H25N3O4S/c30-25(27-28-26-23-7-3-1-5-21(23)22-6-2-4-8-24(22)26)14-11-19-9-12-20(13-10-19)34(31,32)29-15-17-33-18-16-29/h1-10,12-13H,11,14-18H2,(H,27,30). The van der Waals surface area contributed by atoms with Gasteiger partial charge in [0.15, 0.2) is 0 Å². The Labute approximate surface area is 199 Å². The molecule has 1 saturated heterocycles. The Morgan fingerprint density at radius 2 is 1.41 bits per heavy atom.